The Labute approximate surface area is 169 Å². The molecule has 2 aromatic heterocycles. The first-order valence-electron chi connectivity index (χ1n) is 9.09. The second-order valence-electron chi connectivity index (χ2n) is 6.79. The van der Waals surface area contributed by atoms with E-state index in [1.54, 1.807) is 6.20 Å². The maximum atomic E-state index is 6.04. The molecule has 0 saturated carbocycles. The van der Waals surface area contributed by atoms with Crippen LogP contribution in [0.5, 0.6) is 5.75 Å². The molecule has 0 aliphatic rings. The van der Waals surface area contributed by atoms with Crippen LogP contribution in [-0.2, 0) is 0 Å². The number of hydrogen-bond donors (Lipinski definition) is 0. The SMILES string of the molecule is CN(C)CCOc1cccc(-n2nc(-c3ccc(Cl)cc3)c3cccnc32)c1. The summed E-state index contributed by atoms with van der Waals surface area (Å²) in [5.74, 6) is 0.812. The highest BCUT2D eigenvalue weighted by Crippen LogP contribution is 2.30. The number of halogens is 1. The summed E-state index contributed by atoms with van der Waals surface area (Å²) in [5, 5.41) is 6.55. The van der Waals surface area contributed by atoms with E-state index in [2.05, 4.69) is 9.88 Å². The number of likely N-dealkylation sites (N-methyl/N-ethyl adjacent to an activating group) is 1. The summed E-state index contributed by atoms with van der Waals surface area (Å²) in [6.45, 7) is 1.49. The first-order chi connectivity index (χ1) is 13.6. The Hall–Kier alpha value is -2.89. The van der Waals surface area contributed by atoms with E-state index in [1.165, 1.54) is 0 Å². The van der Waals surface area contributed by atoms with E-state index in [9.17, 15) is 0 Å². The van der Waals surface area contributed by atoms with Crippen LogP contribution in [0.2, 0.25) is 5.02 Å². The van der Waals surface area contributed by atoms with Crippen LogP contribution in [0, 0.1) is 0 Å². The summed E-state index contributed by atoms with van der Waals surface area (Å²) >= 11 is 6.04. The Kier molecular flexibility index (Phi) is 5.28. The van der Waals surface area contributed by atoms with Gasteiger partial charge in [-0.3, -0.25) is 0 Å². The predicted octanol–water partition coefficient (Wildman–Crippen LogP) is 4.68. The third kappa shape index (κ3) is 3.86. The summed E-state index contributed by atoms with van der Waals surface area (Å²) in [7, 11) is 4.05. The lowest BCUT2D eigenvalue weighted by molar-refractivity contribution is 0.261. The molecule has 0 atom stereocenters. The molecular weight excluding hydrogens is 372 g/mol. The largest absolute Gasteiger partial charge is 0.492 e. The molecule has 4 aromatic rings. The molecule has 2 aromatic carbocycles. The molecule has 0 unspecified atom stereocenters. The highest BCUT2D eigenvalue weighted by molar-refractivity contribution is 6.30. The van der Waals surface area contributed by atoms with Crippen LogP contribution >= 0.6 is 11.6 Å². The van der Waals surface area contributed by atoms with Crippen LogP contribution < -0.4 is 4.74 Å². The van der Waals surface area contributed by atoms with Gasteiger partial charge in [0, 0.05) is 34.8 Å². The highest BCUT2D eigenvalue weighted by Gasteiger charge is 2.14. The zero-order valence-electron chi connectivity index (χ0n) is 15.8. The minimum Gasteiger partial charge on any atom is -0.492 e. The van der Waals surface area contributed by atoms with Crippen LogP contribution in [0.4, 0.5) is 0 Å². The fraction of sp³-hybridized carbons (Fsp3) is 0.182. The summed E-state index contributed by atoms with van der Waals surface area (Å²) in [5.41, 5.74) is 3.59. The second kappa shape index (κ2) is 8.00. The molecule has 0 radical (unpaired) electrons. The maximum Gasteiger partial charge on any atom is 0.163 e. The molecule has 0 bridgehead atoms. The molecule has 6 heteroatoms. The lowest BCUT2D eigenvalue weighted by Gasteiger charge is -2.12. The molecule has 0 saturated heterocycles. The Morgan fingerprint density at radius 1 is 1.04 bits per heavy atom. The van der Waals surface area contributed by atoms with Gasteiger partial charge in [0.05, 0.1) is 5.69 Å². The fourth-order valence-electron chi connectivity index (χ4n) is 3.00. The van der Waals surface area contributed by atoms with Gasteiger partial charge in [-0.15, -0.1) is 0 Å². The van der Waals surface area contributed by atoms with E-state index in [0.29, 0.717) is 11.6 Å². The van der Waals surface area contributed by atoms with Gasteiger partial charge in [-0.05, 0) is 50.5 Å². The molecule has 4 rings (SSSR count). The highest BCUT2D eigenvalue weighted by atomic mass is 35.5. The van der Waals surface area contributed by atoms with Gasteiger partial charge in [0.25, 0.3) is 0 Å². The van der Waals surface area contributed by atoms with Crippen molar-refractivity contribution in [1.29, 1.82) is 0 Å². The van der Waals surface area contributed by atoms with Crippen molar-refractivity contribution in [1.82, 2.24) is 19.7 Å². The van der Waals surface area contributed by atoms with Gasteiger partial charge < -0.3 is 9.64 Å². The van der Waals surface area contributed by atoms with E-state index in [4.69, 9.17) is 21.4 Å². The molecule has 0 aliphatic heterocycles. The number of nitrogens with zero attached hydrogens (tertiary/aromatic N) is 4. The Balaban J connectivity index is 1.74. The van der Waals surface area contributed by atoms with Crippen LogP contribution in [0.25, 0.3) is 28.0 Å². The standard InChI is InChI=1S/C22H21ClN4O/c1-26(2)13-14-28-19-6-3-5-18(15-19)27-22-20(7-4-12-24-22)21(25-27)16-8-10-17(23)11-9-16/h3-12,15H,13-14H2,1-2H3. The summed E-state index contributed by atoms with van der Waals surface area (Å²) < 4.78 is 7.74. The topological polar surface area (TPSA) is 43.2 Å². The van der Waals surface area contributed by atoms with Gasteiger partial charge in [-0.25, -0.2) is 9.67 Å². The van der Waals surface area contributed by atoms with Crippen molar-refractivity contribution in [3.8, 4) is 22.7 Å². The Morgan fingerprint density at radius 2 is 1.86 bits per heavy atom. The van der Waals surface area contributed by atoms with Crippen molar-refractivity contribution >= 4 is 22.6 Å². The molecule has 28 heavy (non-hydrogen) atoms. The second-order valence-corrected chi connectivity index (χ2v) is 7.23. The average Bonchev–Trinajstić information content (AvgIpc) is 3.08. The molecule has 142 valence electrons. The number of fused-ring (bicyclic) bond motifs is 1. The number of aromatic nitrogens is 3. The van der Waals surface area contributed by atoms with Crippen LogP contribution in [-0.4, -0.2) is 46.9 Å². The van der Waals surface area contributed by atoms with Crippen molar-refractivity contribution in [3.05, 3.63) is 71.9 Å². The maximum absolute atomic E-state index is 6.04. The van der Waals surface area contributed by atoms with E-state index in [1.807, 2.05) is 79.4 Å². The van der Waals surface area contributed by atoms with Gasteiger partial charge in [0.2, 0.25) is 0 Å². The number of hydrogen-bond acceptors (Lipinski definition) is 4. The van der Waals surface area contributed by atoms with Gasteiger partial charge in [0.15, 0.2) is 5.65 Å². The Bertz CT molecular complexity index is 1090. The molecule has 5 nitrogen and oxygen atoms in total. The lowest BCUT2D eigenvalue weighted by atomic mass is 10.1. The van der Waals surface area contributed by atoms with Gasteiger partial charge in [-0.2, -0.15) is 5.10 Å². The van der Waals surface area contributed by atoms with Gasteiger partial charge >= 0.3 is 0 Å². The van der Waals surface area contributed by atoms with E-state index >= 15 is 0 Å². The average molecular weight is 393 g/mol. The molecule has 0 fully saturated rings. The van der Waals surface area contributed by atoms with Gasteiger partial charge in [0.1, 0.15) is 18.1 Å². The molecule has 0 spiro atoms. The van der Waals surface area contributed by atoms with Crippen molar-refractivity contribution < 1.29 is 4.74 Å². The number of rotatable bonds is 6. The summed E-state index contributed by atoms with van der Waals surface area (Å²) in [4.78, 5) is 6.65. The summed E-state index contributed by atoms with van der Waals surface area (Å²) in [6, 6.07) is 19.6. The number of benzene rings is 2. The summed E-state index contributed by atoms with van der Waals surface area (Å²) in [6.07, 6.45) is 1.78. The third-order valence-electron chi connectivity index (χ3n) is 4.43. The molecule has 0 amide bonds. The van der Waals surface area contributed by atoms with Crippen LogP contribution in [0.3, 0.4) is 0 Å². The minimum absolute atomic E-state index is 0.630. The monoisotopic (exact) mass is 392 g/mol. The van der Waals surface area contributed by atoms with Gasteiger partial charge in [-0.1, -0.05) is 29.8 Å². The van der Waals surface area contributed by atoms with Crippen molar-refractivity contribution in [3.63, 3.8) is 0 Å². The molecule has 0 N–H and O–H groups in total. The smallest absolute Gasteiger partial charge is 0.163 e. The fourth-order valence-corrected chi connectivity index (χ4v) is 3.13. The molecular formula is C22H21ClN4O. The Morgan fingerprint density at radius 3 is 2.64 bits per heavy atom. The van der Waals surface area contributed by atoms with Crippen LogP contribution in [0.1, 0.15) is 0 Å². The van der Waals surface area contributed by atoms with E-state index < -0.39 is 0 Å². The molecule has 0 aliphatic carbocycles. The normalized spacial score (nSPS) is 11.3. The van der Waals surface area contributed by atoms with Crippen molar-refractivity contribution in [2.75, 3.05) is 27.2 Å². The lowest BCUT2D eigenvalue weighted by Crippen LogP contribution is -2.19. The van der Waals surface area contributed by atoms with Crippen LogP contribution in [0.15, 0.2) is 66.9 Å². The first kappa shape index (κ1) is 18.5. The quantitative estimate of drug-likeness (QED) is 0.477. The predicted molar refractivity (Wildman–Crippen MR) is 113 cm³/mol. The number of ether oxygens (including phenoxy) is 1. The minimum atomic E-state index is 0.630. The van der Waals surface area contributed by atoms with Crippen molar-refractivity contribution in [2.45, 2.75) is 0 Å². The third-order valence-corrected chi connectivity index (χ3v) is 4.68. The van der Waals surface area contributed by atoms with E-state index in [0.717, 1.165) is 40.3 Å². The molecule has 2 heterocycles. The zero-order valence-corrected chi connectivity index (χ0v) is 16.6. The van der Waals surface area contributed by atoms with E-state index in [-0.39, 0.29) is 0 Å². The van der Waals surface area contributed by atoms with Crippen molar-refractivity contribution in [2.24, 2.45) is 0 Å². The number of pyridine rings is 1. The first-order valence-corrected chi connectivity index (χ1v) is 9.47. The zero-order chi connectivity index (χ0) is 19.5.